The molecule has 4 rings (SSSR count). The highest BCUT2D eigenvalue weighted by atomic mass is 16.5. The molecule has 2 fully saturated rings. The average molecular weight is 370 g/mol. The van der Waals surface area contributed by atoms with E-state index in [0.29, 0.717) is 19.0 Å². The van der Waals surface area contributed by atoms with Crippen molar-refractivity contribution in [2.45, 2.75) is 70.1 Å². The van der Waals surface area contributed by atoms with Crippen molar-refractivity contribution in [3.8, 4) is 5.75 Å². The Labute approximate surface area is 161 Å². The summed E-state index contributed by atoms with van der Waals surface area (Å²) < 4.78 is 6.54. The Kier molecular flexibility index (Phi) is 4.87. The number of carbonyl (C=O) groups excluding carboxylic acids is 2. The zero-order chi connectivity index (χ0) is 19.0. The summed E-state index contributed by atoms with van der Waals surface area (Å²) in [6, 6.07) is 8.33. The number of amides is 2. The monoisotopic (exact) mass is 370 g/mol. The van der Waals surface area contributed by atoms with Gasteiger partial charge in [-0.15, -0.1) is 0 Å². The minimum Gasteiger partial charge on any atom is -0.485 e. The number of ether oxygens (including phenoxy) is 1. The summed E-state index contributed by atoms with van der Waals surface area (Å²) >= 11 is 0. The van der Waals surface area contributed by atoms with Crippen LogP contribution in [0.15, 0.2) is 24.3 Å². The fraction of sp³-hybridized carbons (Fsp3) is 0.636. The van der Waals surface area contributed by atoms with E-state index in [4.69, 9.17) is 4.74 Å². The van der Waals surface area contributed by atoms with Crippen molar-refractivity contribution in [3.05, 3.63) is 29.8 Å². The molecule has 3 aliphatic rings. The SMILES string of the molecule is CC(=O)N1Cc2ccccc2OC2(CCC(N(C)C(=O)C3CCC3)CC2)C1. The fourth-order valence-corrected chi connectivity index (χ4v) is 4.73. The quantitative estimate of drug-likeness (QED) is 0.802. The summed E-state index contributed by atoms with van der Waals surface area (Å²) in [5.74, 6) is 1.56. The fourth-order valence-electron chi connectivity index (χ4n) is 4.73. The lowest BCUT2D eigenvalue weighted by Gasteiger charge is -2.44. The summed E-state index contributed by atoms with van der Waals surface area (Å²) in [5, 5.41) is 0. The third-order valence-electron chi connectivity index (χ3n) is 6.80. The maximum atomic E-state index is 12.6. The van der Waals surface area contributed by atoms with Crippen LogP contribution in [0.3, 0.4) is 0 Å². The van der Waals surface area contributed by atoms with Crippen LogP contribution in [0.2, 0.25) is 0 Å². The van der Waals surface area contributed by atoms with E-state index in [1.807, 2.05) is 41.1 Å². The summed E-state index contributed by atoms with van der Waals surface area (Å²) in [7, 11) is 1.97. The van der Waals surface area contributed by atoms with Crippen molar-refractivity contribution >= 4 is 11.8 Å². The van der Waals surface area contributed by atoms with Gasteiger partial charge in [-0.3, -0.25) is 9.59 Å². The molecule has 1 aromatic rings. The van der Waals surface area contributed by atoms with E-state index in [2.05, 4.69) is 0 Å². The molecule has 2 aliphatic carbocycles. The number of fused-ring (bicyclic) bond motifs is 1. The van der Waals surface area contributed by atoms with Crippen LogP contribution in [0.5, 0.6) is 5.75 Å². The van der Waals surface area contributed by atoms with Gasteiger partial charge in [0.1, 0.15) is 11.4 Å². The van der Waals surface area contributed by atoms with Crippen molar-refractivity contribution in [1.82, 2.24) is 9.80 Å². The summed E-state index contributed by atoms with van der Waals surface area (Å²) in [6.45, 7) is 2.87. The van der Waals surface area contributed by atoms with Gasteiger partial charge < -0.3 is 14.5 Å². The summed E-state index contributed by atoms with van der Waals surface area (Å²) in [4.78, 5) is 28.7. The Balaban J connectivity index is 1.48. The Hall–Kier alpha value is -2.04. The second-order valence-electron chi connectivity index (χ2n) is 8.58. The molecule has 1 aliphatic heterocycles. The molecule has 0 saturated heterocycles. The number of carbonyl (C=O) groups is 2. The number of hydrogen-bond donors (Lipinski definition) is 0. The molecule has 5 heteroatoms. The number of rotatable bonds is 2. The number of nitrogens with zero attached hydrogens (tertiary/aromatic N) is 2. The maximum Gasteiger partial charge on any atom is 0.225 e. The maximum absolute atomic E-state index is 12.6. The van der Waals surface area contributed by atoms with Crippen LogP contribution in [0, 0.1) is 5.92 Å². The molecule has 146 valence electrons. The minimum atomic E-state index is -0.338. The molecular formula is C22H30N2O3. The smallest absolute Gasteiger partial charge is 0.225 e. The van der Waals surface area contributed by atoms with Crippen LogP contribution in [0.25, 0.3) is 0 Å². The first-order chi connectivity index (χ1) is 13.0. The molecule has 0 bridgehead atoms. The largest absolute Gasteiger partial charge is 0.485 e. The zero-order valence-corrected chi connectivity index (χ0v) is 16.4. The normalized spacial score (nSPS) is 27.9. The second kappa shape index (κ2) is 7.17. The van der Waals surface area contributed by atoms with Gasteiger partial charge in [0, 0.05) is 38.0 Å². The molecule has 0 aromatic heterocycles. The summed E-state index contributed by atoms with van der Waals surface area (Å²) in [6.07, 6.45) is 6.90. The highest BCUT2D eigenvalue weighted by molar-refractivity contribution is 5.79. The highest BCUT2D eigenvalue weighted by Crippen LogP contribution is 2.40. The van der Waals surface area contributed by atoms with Crippen molar-refractivity contribution < 1.29 is 14.3 Å². The lowest BCUT2D eigenvalue weighted by Crippen LogP contribution is -2.53. The van der Waals surface area contributed by atoms with Crippen LogP contribution < -0.4 is 4.74 Å². The van der Waals surface area contributed by atoms with Gasteiger partial charge in [-0.25, -0.2) is 0 Å². The van der Waals surface area contributed by atoms with E-state index in [9.17, 15) is 9.59 Å². The Bertz CT molecular complexity index is 720. The lowest BCUT2D eigenvalue weighted by molar-refractivity contribution is -0.141. The van der Waals surface area contributed by atoms with E-state index >= 15 is 0 Å². The van der Waals surface area contributed by atoms with Crippen LogP contribution in [-0.4, -0.2) is 46.8 Å². The van der Waals surface area contributed by atoms with Gasteiger partial charge in [0.2, 0.25) is 11.8 Å². The molecule has 5 nitrogen and oxygen atoms in total. The zero-order valence-electron chi connectivity index (χ0n) is 16.4. The van der Waals surface area contributed by atoms with E-state index in [0.717, 1.165) is 49.8 Å². The first-order valence-corrected chi connectivity index (χ1v) is 10.3. The molecule has 2 amide bonds. The molecule has 1 aromatic carbocycles. The Morgan fingerprint density at radius 3 is 2.48 bits per heavy atom. The van der Waals surface area contributed by atoms with E-state index in [-0.39, 0.29) is 23.5 Å². The van der Waals surface area contributed by atoms with E-state index in [1.54, 1.807) is 6.92 Å². The van der Waals surface area contributed by atoms with Crippen molar-refractivity contribution in [3.63, 3.8) is 0 Å². The third-order valence-corrected chi connectivity index (χ3v) is 6.80. The van der Waals surface area contributed by atoms with Crippen LogP contribution >= 0.6 is 0 Å². The van der Waals surface area contributed by atoms with Crippen molar-refractivity contribution in [2.24, 2.45) is 5.92 Å². The summed E-state index contributed by atoms with van der Waals surface area (Å²) in [5.41, 5.74) is 0.735. The van der Waals surface area contributed by atoms with Crippen LogP contribution in [0.1, 0.15) is 57.4 Å². The highest BCUT2D eigenvalue weighted by Gasteiger charge is 2.43. The molecule has 1 heterocycles. The molecule has 0 unspecified atom stereocenters. The standard InChI is InChI=1S/C22H30N2O3/c1-16(25)24-14-18-6-3-4-9-20(18)27-22(15-24)12-10-19(11-13-22)23(2)21(26)17-7-5-8-17/h3-4,6,9,17,19H,5,7-8,10-15H2,1-2H3. The second-order valence-corrected chi connectivity index (χ2v) is 8.58. The van der Waals surface area contributed by atoms with Gasteiger partial charge in [-0.1, -0.05) is 24.6 Å². The molecule has 0 N–H and O–H groups in total. The van der Waals surface area contributed by atoms with Gasteiger partial charge >= 0.3 is 0 Å². The van der Waals surface area contributed by atoms with E-state index < -0.39 is 0 Å². The Morgan fingerprint density at radius 2 is 1.85 bits per heavy atom. The number of benzene rings is 1. The third kappa shape index (κ3) is 3.56. The first kappa shape index (κ1) is 18.3. The molecule has 27 heavy (non-hydrogen) atoms. The van der Waals surface area contributed by atoms with Crippen molar-refractivity contribution in [1.29, 1.82) is 0 Å². The van der Waals surface area contributed by atoms with Crippen molar-refractivity contribution in [2.75, 3.05) is 13.6 Å². The molecule has 0 radical (unpaired) electrons. The number of para-hydroxylation sites is 1. The molecular weight excluding hydrogens is 340 g/mol. The van der Waals surface area contributed by atoms with Gasteiger partial charge in [0.25, 0.3) is 0 Å². The van der Waals surface area contributed by atoms with Gasteiger partial charge in [-0.05, 0) is 44.6 Å². The van der Waals surface area contributed by atoms with Gasteiger partial charge in [-0.2, -0.15) is 0 Å². The Morgan fingerprint density at radius 1 is 1.15 bits per heavy atom. The predicted molar refractivity (Wildman–Crippen MR) is 103 cm³/mol. The average Bonchev–Trinajstić information content (AvgIpc) is 2.77. The topological polar surface area (TPSA) is 49.9 Å². The molecule has 2 saturated carbocycles. The van der Waals surface area contributed by atoms with Gasteiger partial charge in [0.15, 0.2) is 0 Å². The van der Waals surface area contributed by atoms with Gasteiger partial charge in [0.05, 0.1) is 6.54 Å². The molecule has 1 spiro atoms. The van der Waals surface area contributed by atoms with Crippen LogP contribution in [0.4, 0.5) is 0 Å². The predicted octanol–water partition coefficient (Wildman–Crippen LogP) is 3.37. The lowest BCUT2D eigenvalue weighted by atomic mass is 9.79. The molecule has 0 atom stereocenters. The van der Waals surface area contributed by atoms with E-state index in [1.165, 1.54) is 6.42 Å². The first-order valence-electron chi connectivity index (χ1n) is 10.3. The number of hydrogen-bond acceptors (Lipinski definition) is 3. The van der Waals surface area contributed by atoms with Crippen LogP contribution in [-0.2, 0) is 16.1 Å². The minimum absolute atomic E-state index is 0.0917.